The van der Waals surface area contributed by atoms with Crippen molar-refractivity contribution < 1.29 is 9.53 Å². The number of carbonyl (C=O) groups excluding carboxylic acids is 1. The van der Waals surface area contributed by atoms with E-state index in [-0.39, 0.29) is 29.9 Å². The fourth-order valence-electron chi connectivity index (χ4n) is 4.32. The third-order valence-corrected chi connectivity index (χ3v) is 6.13. The molecule has 2 aliphatic heterocycles. The first-order valence-electron chi connectivity index (χ1n) is 10.7. The Balaban J connectivity index is 0.00000320. The molecule has 7 nitrogen and oxygen atoms in total. The summed E-state index contributed by atoms with van der Waals surface area (Å²) >= 11 is 0. The molecule has 1 aromatic carbocycles. The molecule has 2 heterocycles. The van der Waals surface area contributed by atoms with E-state index in [0.717, 1.165) is 57.3 Å². The van der Waals surface area contributed by atoms with Crippen LogP contribution in [-0.4, -0.2) is 70.7 Å². The summed E-state index contributed by atoms with van der Waals surface area (Å²) in [6.45, 7) is 4.98. The highest BCUT2D eigenvalue weighted by Crippen LogP contribution is 2.27. The summed E-state index contributed by atoms with van der Waals surface area (Å²) in [6.07, 6.45) is 3.90. The van der Waals surface area contributed by atoms with Crippen molar-refractivity contribution in [2.24, 2.45) is 16.8 Å². The van der Waals surface area contributed by atoms with Crippen LogP contribution in [0.4, 0.5) is 5.69 Å². The summed E-state index contributed by atoms with van der Waals surface area (Å²) in [4.78, 5) is 20.9. The van der Waals surface area contributed by atoms with Crippen LogP contribution in [0.25, 0.3) is 0 Å². The number of hydrogen-bond acceptors (Lipinski definition) is 4. The fraction of sp³-hybridized carbons (Fsp3) is 0.636. The lowest BCUT2D eigenvalue weighted by Crippen LogP contribution is -2.47. The SMILES string of the molecule is CN=C(NCC1CCN(c2cccc(OC)c2)C1)N1CCC(CC(=O)NC)CC1.I. The third-order valence-electron chi connectivity index (χ3n) is 6.13. The van der Waals surface area contributed by atoms with Crippen LogP contribution in [0.5, 0.6) is 5.75 Å². The van der Waals surface area contributed by atoms with Crippen molar-refractivity contribution in [3.63, 3.8) is 0 Å². The molecule has 2 N–H and O–H groups in total. The van der Waals surface area contributed by atoms with Gasteiger partial charge in [-0.05, 0) is 43.2 Å². The molecule has 1 amide bonds. The van der Waals surface area contributed by atoms with Crippen LogP contribution in [0.1, 0.15) is 25.7 Å². The number of hydrogen-bond donors (Lipinski definition) is 2. The van der Waals surface area contributed by atoms with Crippen molar-refractivity contribution in [3.8, 4) is 5.75 Å². The number of ether oxygens (including phenoxy) is 1. The Morgan fingerprint density at radius 2 is 1.93 bits per heavy atom. The minimum absolute atomic E-state index is 0. The number of halogens is 1. The van der Waals surface area contributed by atoms with E-state index in [1.807, 2.05) is 13.1 Å². The molecule has 0 saturated carbocycles. The Morgan fingerprint density at radius 3 is 2.60 bits per heavy atom. The lowest BCUT2D eigenvalue weighted by molar-refractivity contribution is -0.121. The van der Waals surface area contributed by atoms with Crippen molar-refractivity contribution in [3.05, 3.63) is 24.3 Å². The van der Waals surface area contributed by atoms with E-state index in [0.29, 0.717) is 18.3 Å². The Hall–Kier alpha value is -1.71. The molecule has 1 aromatic rings. The highest BCUT2D eigenvalue weighted by atomic mass is 127. The molecule has 1 unspecified atom stereocenters. The van der Waals surface area contributed by atoms with Crippen LogP contribution in [0, 0.1) is 11.8 Å². The van der Waals surface area contributed by atoms with Crippen LogP contribution in [0.15, 0.2) is 29.3 Å². The minimum Gasteiger partial charge on any atom is -0.497 e. The van der Waals surface area contributed by atoms with Crippen LogP contribution in [0.2, 0.25) is 0 Å². The van der Waals surface area contributed by atoms with E-state index >= 15 is 0 Å². The molecule has 0 aromatic heterocycles. The van der Waals surface area contributed by atoms with Gasteiger partial charge < -0.3 is 25.2 Å². The lowest BCUT2D eigenvalue weighted by Gasteiger charge is -2.34. The molecule has 1 atom stereocenters. The first kappa shape index (κ1) is 24.6. The van der Waals surface area contributed by atoms with Gasteiger partial charge in [0.25, 0.3) is 0 Å². The maximum Gasteiger partial charge on any atom is 0.220 e. The smallest absolute Gasteiger partial charge is 0.220 e. The number of benzene rings is 1. The number of carbonyl (C=O) groups is 1. The number of guanidine groups is 1. The van der Waals surface area contributed by atoms with E-state index in [4.69, 9.17) is 4.74 Å². The monoisotopic (exact) mass is 529 g/mol. The predicted molar refractivity (Wildman–Crippen MR) is 133 cm³/mol. The Kier molecular flexibility index (Phi) is 10.0. The van der Waals surface area contributed by atoms with Gasteiger partial charge in [-0.15, -0.1) is 24.0 Å². The zero-order valence-corrected chi connectivity index (χ0v) is 20.7. The molecule has 2 aliphatic rings. The molecular formula is C22H36IN5O2. The number of nitrogens with zero attached hydrogens (tertiary/aromatic N) is 3. The Morgan fingerprint density at radius 1 is 1.20 bits per heavy atom. The van der Waals surface area contributed by atoms with Crippen molar-refractivity contribution in [2.75, 3.05) is 58.8 Å². The maximum atomic E-state index is 11.6. The molecule has 30 heavy (non-hydrogen) atoms. The van der Waals surface area contributed by atoms with Crippen LogP contribution < -0.4 is 20.3 Å². The van der Waals surface area contributed by atoms with E-state index in [1.54, 1.807) is 14.2 Å². The quantitative estimate of drug-likeness (QED) is 0.337. The highest BCUT2D eigenvalue weighted by Gasteiger charge is 2.26. The number of amides is 1. The van der Waals surface area contributed by atoms with Crippen molar-refractivity contribution in [2.45, 2.75) is 25.7 Å². The summed E-state index contributed by atoms with van der Waals surface area (Å²) in [7, 11) is 5.28. The summed E-state index contributed by atoms with van der Waals surface area (Å²) in [5.74, 6) is 3.12. The highest BCUT2D eigenvalue weighted by molar-refractivity contribution is 14.0. The number of likely N-dealkylation sites (tertiary alicyclic amines) is 1. The lowest BCUT2D eigenvalue weighted by atomic mass is 9.93. The van der Waals surface area contributed by atoms with Gasteiger partial charge >= 0.3 is 0 Å². The second kappa shape index (κ2) is 12.2. The summed E-state index contributed by atoms with van der Waals surface area (Å²) in [6, 6.07) is 8.30. The van der Waals surface area contributed by atoms with Gasteiger partial charge in [0.2, 0.25) is 5.91 Å². The van der Waals surface area contributed by atoms with E-state index in [9.17, 15) is 4.79 Å². The zero-order valence-electron chi connectivity index (χ0n) is 18.4. The van der Waals surface area contributed by atoms with Gasteiger partial charge in [0, 0.05) is 65.0 Å². The second-order valence-electron chi connectivity index (χ2n) is 8.04. The maximum absolute atomic E-state index is 11.6. The summed E-state index contributed by atoms with van der Waals surface area (Å²) < 4.78 is 5.35. The number of anilines is 1. The molecule has 0 aliphatic carbocycles. The third kappa shape index (κ3) is 6.65. The average Bonchev–Trinajstić information content (AvgIpc) is 3.24. The normalized spacial score (nSPS) is 20.0. The number of piperidine rings is 1. The van der Waals surface area contributed by atoms with Crippen molar-refractivity contribution in [1.29, 1.82) is 0 Å². The first-order valence-corrected chi connectivity index (χ1v) is 10.7. The largest absolute Gasteiger partial charge is 0.497 e. The van der Waals surface area contributed by atoms with Crippen molar-refractivity contribution >= 4 is 41.5 Å². The van der Waals surface area contributed by atoms with Gasteiger partial charge in [-0.25, -0.2) is 0 Å². The standard InChI is InChI=1S/C22H35N5O2.HI/c1-23-21(28)13-17-7-10-26(11-8-17)22(24-2)25-15-18-9-12-27(16-18)19-5-4-6-20(14-19)29-3;/h4-6,14,17-18H,7-13,15-16H2,1-3H3,(H,23,28)(H,24,25);1H. The number of rotatable bonds is 6. The predicted octanol–water partition coefficient (Wildman–Crippen LogP) is 2.56. The Bertz CT molecular complexity index is 707. The van der Waals surface area contributed by atoms with Crippen LogP contribution in [-0.2, 0) is 4.79 Å². The van der Waals surface area contributed by atoms with Gasteiger partial charge in [0.1, 0.15) is 5.75 Å². The second-order valence-corrected chi connectivity index (χ2v) is 8.04. The van der Waals surface area contributed by atoms with Crippen molar-refractivity contribution in [1.82, 2.24) is 15.5 Å². The first-order chi connectivity index (χ1) is 14.1. The molecule has 8 heteroatoms. The fourth-order valence-corrected chi connectivity index (χ4v) is 4.32. The summed E-state index contributed by atoms with van der Waals surface area (Å²) in [5.41, 5.74) is 1.23. The van der Waals surface area contributed by atoms with Gasteiger partial charge in [0.05, 0.1) is 7.11 Å². The zero-order chi connectivity index (χ0) is 20.6. The Labute approximate surface area is 197 Å². The summed E-state index contributed by atoms with van der Waals surface area (Å²) in [5, 5.41) is 6.32. The van der Waals surface area contributed by atoms with Gasteiger partial charge in [-0.3, -0.25) is 9.79 Å². The molecule has 2 fully saturated rings. The number of aliphatic imine (C=N–C) groups is 1. The van der Waals surface area contributed by atoms with Gasteiger partial charge in [0.15, 0.2) is 5.96 Å². The molecule has 3 rings (SSSR count). The van der Waals surface area contributed by atoms with Gasteiger partial charge in [-0.1, -0.05) is 6.07 Å². The van der Waals surface area contributed by atoms with E-state index < -0.39 is 0 Å². The van der Waals surface area contributed by atoms with E-state index in [2.05, 4.69) is 43.6 Å². The van der Waals surface area contributed by atoms with Crippen LogP contribution >= 0.6 is 24.0 Å². The van der Waals surface area contributed by atoms with E-state index in [1.165, 1.54) is 12.1 Å². The molecule has 2 saturated heterocycles. The minimum atomic E-state index is 0. The average molecular weight is 529 g/mol. The molecule has 0 radical (unpaired) electrons. The number of nitrogens with one attached hydrogen (secondary N) is 2. The molecule has 0 spiro atoms. The van der Waals surface area contributed by atoms with Crippen LogP contribution in [0.3, 0.4) is 0 Å². The number of methoxy groups -OCH3 is 1. The molecule has 0 bridgehead atoms. The van der Waals surface area contributed by atoms with Gasteiger partial charge in [-0.2, -0.15) is 0 Å². The molecular weight excluding hydrogens is 493 g/mol. The topological polar surface area (TPSA) is 69.2 Å². The molecule has 168 valence electrons.